The Morgan fingerprint density at radius 2 is 1.72 bits per heavy atom. The number of nitrogens with one attached hydrogen (secondary N) is 2. The molecule has 0 saturated carbocycles. The third-order valence-electron chi connectivity index (χ3n) is 6.96. The first-order valence-corrected chi connectivity index (χ1v) is 13.4. The van der Waals surface area contributed by atoms with Crippen LogP contribution in [0.15, 0.2) is 29.4 Å². The van der Waals surface area contributed by atoms with Crippen molar-refractivity contribution in [2.24, 2.45) is 14.1 Å². The summed E-state index contributed by atoms with van der Waals surface area (Å²) in [6.45, 7) is 0.287. The lowest BCUT2D eigenvalue weighted by atomic mass is 9.99. The maximum Gasteiger partial charge on any atom is 0.333 e. The summed E-state index contributed by atoms with van der Waals surface area (Å²) in [5.41, 5.74) is 6.32. The van der Waals surface area contributed by atoms with Gasteiger partial charge >= 0.3 is 6.03 Å². The van der Waals surface area contributed by atoms with Crippen LogP contribution in [0.25, 0.3) is 0 Å². The second-order valence-electron chi connectivity index (χ2n) is 9.39. The van der Waals surface area contributed by atoms with E-state index in [-0.39, 0.29) is 15.1 Å². The first-order valence-electron chi connectivity index (χ1n) is 11.9. The molecule has 36 heavy (non-hydrogen) atoms. The molecular formula is C24H33N7O4S. The zero-order valence-corrected chi connectivity index (χ0v) is 21.4. The minimum Gasteiger partial charge on any atom is -0.334 e. The highest BCUT2D eigenvalue weighted by Crippen LogP contribution is 2.38. The summed E-state index contributed by atoms with van der Waals surface area (Å²) in [7, 11) is 0.568. The van der Waals surface area contributed by atoms with Gasteiger partial charge in [0.15, 0.2) is 5.03 Å². The number of sulfonamides is 1. The average molecular weight is 516 g/mol. The number of carbonyl (C=O) groups is 2. The number of amides is 3. The molecule has 0 atom stereocenters. The fourth-order valence-corrected chi connectivity index (χ4v) is 6.02. The first-order chi connectivity index (χ1) is 17.1. The Kier molecular flexibility index (Phi) is 6.07. The van der Waals surface area contributed by atoms with Crippen molar-refractivity contribution in [3.63, 3.8) is 0 Å². The Balaban J connectivity index is 0.00000200. The van der Waals surface area contributed by atoms with Gasteiger partial charge in [-0.25, -0.2) is 9.52 Å². The lowest BCUT2D eigenvalue weighted by Gasteiger charge is -2.17. The third kappa shape index (κ3) is 4.36. The molecule has 2 aliphatic carbocycles. The summed E-state index contributed by atoms with van der Waals surface area (Å²) >= 11 is 0. The van der Waals surface area contributed by atoms with E-state index in [2.05, 4.69) is 26.3 Å². The van der Waals surface area contributed by atoms with Gasteiger partial charge in [-0.05, 0) is 66.8 Å². The summed E-state index contributed by atoms with van der Waals surface area (Å²) < 4.78 is 30.9. The molecule has 11 nitrogen and oxygen atoms in total. The molecule has 2 heterocycles. The molecule has 12 heteroatoms. The van der Waals surface area contributed by atoms with Gasteiger partial charge in [0.25, 0.3) is 15.9 Å². The molecule has 0 saturated heterocycles. The van der Waals surface area contributed by atoms with Crippen molar-refractivity contribution in [1.29, 1.82) is 0 Å². The van der Waals surface area contributed by atoms with Gasteiger partial charge < -0.3 is 10.2 Å². The van der Waals surface area contributed by atoms with Crippen molar-refractivity contribution in [1.82, 2.24) is 29.2 Å². The van der Waals surface area contributed by atoms with Crippen LogP contribution in [0.1, 0.15) is 54.1 Å². The van der Waals surface area contributed by atoms with Gasteiger partial charge in [0, 0.05) is 41.9 Å². The number of rotatable bonds is 6. The zero-order valence-electron chi connectivity index (χ0n) is 20.5. The smallest absolute Gasteiger partial charge is 0.333 e. The van der Waals surface area contributed by atoms with E-state index in [0.717, 1.165) is 61.0 Å². The van der Waals surface area contributed by atoms with Crippen LogP contribution in [0.3, 0.4) is 0 Å². The van der Waals surface area contributed by atoms with Crippen molar-refractivity contribution in [3.8, 4) is 0 Å². The standard InChI is InChI=1S/C24H29N7O4S.2H2/c1-29(14-17-10-11-25-30(17)2)23(32)20-13-21(27-31(20)3)36(34,35)28-24(33)26-22-18-8-4-6-15(18)12-16-7-5-9-19(16)22;;/h10-13H,4-9,14H2,1-3H3,(H2,26,28,33);2*1H. The van der Waals surface area contributed by atoms with Crippen LogP contribution >= 0.6 is 0 Å². The second-order valence-corrected chi connectivity index (χ2v) is 11.0. The summed E-state index contributed by atoms with van der Waals surface area (Å²) in [5.74, 6) is -0.410. The largest absolute Gasteiger partial charge is 0.334 e. The van der Waals surface area contributed by atoms with Crippen molar-refractivity contribution in [3.05, 3.63) is 58.0 Å². The van der Waals surface area contributed by atoms with Gasteiger partial charge in [0.1, 0.15) is 5.69 Å². The second kappa shape index (κ2) is 9.08. The molecule has 0 bridgehead atoms. The van der Waals surface area contributed by atoms with Gasteiger partial charge in [0.2, 0.25) is 0 Å². The van der Waals surface area contributed by atoms with E-state index in [1.165, 1.54) is 33.8 Å². The minimum absolute atomic E-state index is 0. The number of nitrogens with zero attached hydrogens (tertiary/aromatic N) is 5. The lowest BCUT2D eigenvalue weighted by molar-refractivity contribution is 0.0771. The molecule has 194 valence electrons. The highest BCUT2D eigenvalue weighted by Gasteiger charge is 2.29. The SMILES string of the molecule is CN(Cc1ccnn1C)C(=O)c1cc(S(=O)(=O)NC(=O)Nc2c3c(cc4c2CCC4)CCC3)nn1C.[HH].[HH]. The monoisotopic (exact) mass is 515 g/mol. The normalized spacial score (nSPS) is 14.4. The van der Waals surface area contributed by atoms with Crippen LogP contribution in [-0.4, -0.2) is 51.9 Å². The van der Waals surface area contributed by atoms with E-state index < -0.39 is 27.0 Å². The van der Waals surface area contributed by atoms with Crippen LogP contribution in [0, 0.1) is 0 Å². The number of benzene rings is 1. The Labute approximate surface area is 212 Å². The molecule has 1 aromatic carbocycles. The van der Waals surface area contributed by atoms with Crippen molar-refractivity contribution in [2.45, 2.75) is 50.1 Å². The van der Waals surface area contributed by atoms with E-state index in [9.17, 15) is 18.0 Å². The Hall–Kier alpha value is -3.67. The van der Waals surface area contributed by atoms with Crippen LogP contribution in [0.5, 0.6) is 0 Å². The number of aryl methyl sites for hydroxylation is 4. The Morgan fingerprint density at radius 1 is 1.06 bits per heavy atom. The molecule has 5 rings (SSSR count). The number of fused-ring (bicyclic) bond motifs is 2. The molecule has 0 unspecified atom stereocenters. The van der Waals surface area contributed by atoms with Gasteiger partial charge in [-0.3, -0.25) is 14.2 Å². The minimum atomic E-state index is -4.30. The maximum atomic E-state index is 13.0. The molecule has 2 aliphatic rings. The highest BCUT2D eigenvalue weighted by atomic mass is 32.2. The molecule has 3 amide bonds. The van der Waals surface area contributed by atoms with Crippen molar-refractivity contribution >= 4 is 27.6 Å². The number of hydrogen-bond acceptors (Lipinski definition) is 6. The van der Waals surface area contributed by atoms with Crippen LogP contribution in [-0.2, 0) is 56.3 Å². The molecule has 3 aromatic rings. The van der Waals surface area contributed by atoms with Crippen molar-refractivity contribution in [2.75, 3.05) is 12.4 Å². The van der Waals surface area contributed by atoms with E-state index in [0.29, 0.717) is 0 Å². The van der Waals surface area contributed by atoms with E-state index >= 15 is 0 Å². The summed E-state index contributed by atoms with van der Waals surface area (Å²) in [6.07, 6.45) is 7.34. The Morgan fingerprint density at radius 3 is 2.33 bits per heavy atom. The number of aromatic nitrogens is 4. The van der Waals surface area contributed by atoms with Gasteiger partial charge in [-0.15, -0.1) is 0 Å². The first kappa shape index (κ1) is 24.0. The predicted molar refractivity (Wildman–Crippen MR) is 136 cm³/mol. The summed E-state index contributed by atoms with van der Waals surface area (Å²) in [4.78, 5) is 27.2. The average Bonchev–Trinajstić information content (AvgIpc) is 3.61. The molecule has 2 N–H and O–H groups in total. The van der Waals surface area contributed by atoms with Gasteiger partial charge in [-0.1, -0.05) is 6.07 Å². The fourth-order valence-electron chi connectivity index (χ4n) is 5.12. The van der Waals surface area contributed by atoms with E-state index in [1.54, 1.807) is 31.0 Å². The number of hydrogen-bond donors (Lipinski definition) is 2. The van der Waals surface area contributed by atoms with Crippen LogP contribution in [0.2, 0.25) is 0 Å². The lowest BCUT2D eigenvalue weighted by Crippen LogP contribution is -2.35. The predicted octanol–water partition coefficient (Wildman–Crippen LogP) is 2.41. The maximum absolute atomic E-state index is 13.0. The molecule has 0 radical (unpaired) electrons. The Bertz CT molecular complexity index is 1450. The van der Waals surface area contributed by atoms with Crippen LogP contribution in [0.4, 0.5) is 10.5 Å². The number of anilines is 1. The molecule has 0 aliphatic heterocycles. The number of urea groups is 1. The molecule has 0 fully saturated rings. The topological polar surface area (TPSA) is 131 Å². The zero-order chi connectivity index (χ0) is 25.6. The molecule has 2 aromatic heterocycles. The summed E-state index contributed by atoms with van der Waals surface area (Å²) in [6, 6.07) is 4.37. The van der Waals surface area contributed by atoms with E-state index in [4.69, 9.17) is 0 Å². The summed E-state index contributed by atoms with van der Waals surface area (Å²) in [5, 5.41) is 10.5. The van der Waals surface area contributed by atoms with Crippen LogP contribution < -0.4 is 10.0 Å². The van der Waals surface area contributed by atoms with Crippen molar-refractivity contribution < 1.29 is 20.9 Å². The third-order valence-corrected chi connectivity index (χ3v) is 8.16. The van der Waals surface area contributed by atoms with Gasteiger partial charge in [0.05, 0.1) is 12.2 Å². The van der Waals surface area contributed by atoms with Gasteiger partial charge in [-0.2, -0.15) is 18.6 Å². The highest BCUT2D eigenvalue weighted by molar-refractivity contribution is 7.90. The quantitative estimate of drug-likeness (QED) is 0.518. The number of carbonyl (C=O) groups excluding carboxylic acids is 2. The molecule has 0 spiro atoms. The fraction of sp³-hybridized carbons (Fsp3) is 0.417. The van der Waals surface area contributed by atoms with E-state index in [1.807, 2.05) is 0 Å². The molecular weight excluding hydrogens is 482 g/mol.